The number of carbonyl (C=O) groups excluding carboxylic acids is 2. The maximum absolute atomic E-state index is 13.4. The predicted octanol–water partition coefficient (Wildman–Crippen LogP) is 5.16. The van der Waals surface area contributed by atoms with E-state index < -0.39 is 0 Å². The van der Waals surface area contributed by atoms with Crippen molar-refractivity contribution in [3.05, 3.63) is 101 Å². The van der Waals surface area contributed by atoms with E-state index in [1.54, 1.807) is 29.0 Å². The van der Waals surface area contributed by atoms with Crippen molar-refractivity contribution in [1.29, 1.82) is 0 Å². The first-order valence-corrected chi connectivity index (χ1v) is 10.1. The molecule has 2 amide bonds. The molecule has 0 spiro atoms. The molecule has 3 aromatic rings. The number of carbonyl (C=O) groups is 2. The molecule has 0 fully saturated rings. The van der Waals surface area contributed by atoms with E-state index in [0.29, 0.717) is 22.2 Å². The lowest BCUT2D eigenvalue weighted by Gasteiger charge is -2.20. The van der Waals surface area contributed by atoms with Gasteiger partial charge >= 0.3 is 0 Å². The fourth-order valence-electron chi connectivity index (χ4n) is 3.28. The third-order valence-electron chi connectivity index (χ3n) is 5.06. The molecular formula is C25H20ClN3O2. The number of rotatable bonds is 4. The number of hydrogen-bond donors (Lipinski definition) is 0. The number of halogens is 1. The fraction of sp³-hybridized carbons (Fsp3) is 0.0800. The molecule has 6 heteroatoms. The van der Waals surface area contributed by atoms with Gasteiger partial charge in [-0.1, -0.05) is 60.1 Å². The van der Waals surface area contributed by atoms with Crippen LogP contribution in [0.4, 0.5) is 11.4 Å². The number of benzene rings is 3. The lowest BCUT2D eigenvalue weighted by atomic mass is 10.1. The van der Waals surface area contributed by atoms with Gasteiger partial charge in [0.05, 0.1) is 5.69 Å². The van der Waals surface area contributed by atoms with Gasteiger partial charge in [-0.2, -0.15) is 0 Å². The highest BCUT2D eigenvalue weighted by atomic mass is 35.5. The number of amides is 2. The minimum atomic E-state index is -0.244. The van der Waals surface area contributed by atoms with Crippen molar-refractivity contribution in [3.63, 3.8) is 0 Å². The van der Waals surface area contributed by atoms with Gasteiger partial charge in [0.25, 0.3) is 5.91 Å². The Morgan fingerprint density at radius 2 is 1.61 bits per heavy atom. The Labute approximate surface area is 185 Å². The number of nitrogens with zero attached hydrogens (tertiary/aromatic N) is 3. The van der Waals surface area contributed by atoms with E-state index in [2.05, 4.69) is 4.99 Å². The third-order valence-corrected chi connectivity index (χ3v) is 5.40. The van der Waals surface area contributed by atoms with Gasteiger partial charge in [-0.25, -0.2) is 4.99 Å². The first-order chi connectivity index (χ1) is 15.0. The zero-order valence-electron chi connectivity index (χ0n) is 17.1. The van der Waals surface area contributed by atoms with Crippen LogP contribution in [0, 0.1) is 0 Å². The van der Waals surface area contributed by atoms with Crippen LogP contribution in [0.1, 0.15) is 18.1 Å². The molecule has 0 unspecified atom stereocenters. The highest BCUT2D eigenvalue weighted by molar-refractivity contribution is 6.34. The Bertz CT molecular complexity index is 1200. The van der Waals surface area contributed by atoms with Gasteiger partial charge in [0.15, 0.2) is 0 Å². The zero-order chi connectivity index (χ0) is 22.0. The summed E-state index contributed by atoms with van der Waals surface area (Å²) in [7, 11) is 1.71. The summed E-state index contributed by atoms with van der Waals surface area (Å²) in [5.74, 6) is 0.226. The molecule has 3 aromatic carbocycles. The fourth-order valence-corrected chi connectivity index (χ4v) is 3.47. The number of amidine groups is 1. The topological polar surface area (TPSA) is 53.0 Å². The van der Waals surface area contributed by atoms with Gasteiger partial charge in [0, 0.05) is 30.2 Å². The molecule has 1 aliphatic heterocycles. The van der Waals surface area contributed by atoms with Crippen molar-refractivity contribution in [2.24, 2.45) is 4.99 Å². The smallest absolute Gasteiger partial charge is 0.282 e. The maximum atomic E-state index is 13.4. The van der Waals surface area contributed by atoms with Gasteiger partial charge in [0.2, 0.25) is 5.91 Å². The van der Waals surface area contributed by atoms with Gasteiger partial charge in [-0.05, 0) is 42.0 Å². The summed E-state index contributed by atoms with van der Waals surface area (Å²) in [6.45, 7) is 1.50. The largest absolute Gasteiger partial charge is 0.316 e. The minimum absolute atomic E-state index is 0.0681. The molecule has 31 heavy (non-hydrogen) atoms. The SMILES string of the molecule is CC(=O)N(C)c1ccc(N2C(=O)/C(=C\c3ccccc3Cl)N=C2c2ccccc2)cc1. The summed E-state index contributed by atoms with van der Waals surface area (Å²) < 4.78 is 0. The Balaban J connectivity index is 1.77. The molecule has 0 atom stereocenters. The summed E-state index contributed by atoms with van der Waals surface area (Å²) in [4.78, 5) is 32.8. The van der Waals surface area contributed by atoms with Gasteiger partial charge < -0.3 is 4.90 Å². The highest BCUT2D eigenvalue weighted by Gasteiger charge is 2.32. The Kier molecular flexibility index (Phi) is 5.69. The lowest BCUT2D eigenvalue weighted by molar-refractivity contribution is -0.116. The van der Waals surface area contributed by atoms with Crippen LogP contribution in [0.25, 0.3) is 6.08 Å². The molecule has 1 heterocycles. The monoisotopic (exact) mass is 429 g/mol. The Morgan fingerprint density at radius 1 is 0.968 bits per heavy atom. The lowest BCUT2D eigenvalue weighted by Crippen LogP contribution is -2.32. The van der Waals surface area contributed by atoms with Crippen molar-refractivity contribution >= 4 is 46.7 Å². The van der Waals surface area contributed by atoms with Crippen molar-refractivity contribution in [1.82, 2.24) is 0 Å². The van der Waals surface area contributed by atoms with Crippen LogP contribution in [-0.4, -0.2) is 24.7 Å². The molecule has 5 nitrogen and oxygen atoms in total. The molecule has 1 aliphatic rings. The quantitative estimate of drug-likeness (QED) is 0.538. The van der Waals surface area contributed by atoms with E-state index >= 15 is 0 Å². The molecular weight excluding hydrogens is 410 g/mol. The highest BCUT2D eigenvalue weighted by Crippen LogP contribution is 2.30. The van der Waals surface area contributed by atoms with Gasteiger partial charge in [-0.3, -0.25) is 14.5 Å². The van der Waals surface area contributed by atoms with Gasteiger partial charge in [-0.15, -0.1) is 0 Å². The van der Waals surface area contributed by atoms with E-state index in [9.17, 15) is 9.59 Å². The van der Waals surface area contributed by atoms with Crippen molar-refractivity contribution in [2.75, 3.05) is 16.8 Å². The summed E-state index contributed by atoms with van der Waals surface area (Å²) >= 11 is 6.28. The Morgan fingerprint density at radius 3 is 2.26 bits per heavy atom. The Hall–Kier alpha value is -3.70. The second-order valence-electron chi connectivity index (χ2n) is 7.09. The molecule has 0 saturated carbocycles. The zero-order valence-corrected chi connectivity index (χ0v) is 17.9. The molecule has 0 radical (unpaired) electrons. The molecule has 4 rings (SSSR count). The molecule has 0 N–H and O–H groups in total. The number of aliphatic imine (C=N–C) groups is 1. The molecule has 0 aromatic heterocycles. The number of hydrogen-bond acceptors (Lipinski definition) is 3. The van der Waals surface area contributed by atoms with Crippen LogP contribution in [-0.2, 0) is 9.59 Å². The standard InChI is InChI=1S/C25H20ClN3O2/c1-17(30)28(2)20-12-14-21(15-13-20)29-24(18-8-4-3-5-9-18)27-23(25(29)31)16-19-10-6-7-11-22(19)26/h3-16H,1-2H3/b23-16+. The normalized spacial score (nSPS) is 14.7. The summed E-state index contributed by atoms with van der Waals surface area (Å²) in [6.07, 6.45) is 1.70. The number of anilines is 2. The summed E-state index contributed by atoms with van der Waals surface area (Å²) in [5.41, 5.74) is 3.26. The molecule has 154 valence electrons. The first-order valence-electron chi connectivity index (χ1n) is 9.75. The van der Waals surface area contributed by atoms with Crippen LogP contribution >= 0.6 is 11.6 Å². The van der Waals surface area contributed by atoms with E-state index in [1.165, 1.54) is 6.92 Å². The van der Waals surface area contributed by atoms with E-state index in [-0.39, 0.29) is 11.8 Å². The van der Waals surface area contributed by atoms with Crippen molar-refractivity contribution in [3.8, 4) is 0 Å². The second-order valence-corrected chi connectivity index (χ2v) is 7.49. The minimum Gasteiger partial charge on any atom is -0.316 e. The summed E-state index contributed by atoms with van der Waals surface area (Å²) in [5, 5.41) is 0.550. The van der Waals surface area contributed by atoms with E-state index in [0.717, 1.165) is 16.8 Å². The van der Waals surface area contributed by atoms with E-state index in [4.69, 9.17) is 11.6 Å². The molecule has 0 bridgehead atoms. The average Bonchev–Trinajstić information content (AvgIpc) is 3.11. The average molecular weight is 430 g/mol. The maximum Gasteiger partial charge on any atom is 0.282 e. The molecule has 0 saturated heterocycles. The second kappa shape index (κ2) is 8.58. The predicted molar refractivity (Wildman–Crippen MR) is 125 cm³/mol. The van der Waals surface area contributed by atoms with E-state index in [1.807, 2.05) is 72.8 Å². The van der Waals surface area contributed by atoms with Crippen LogP contribution in [0.3, 0.4) is 0 Å². The van der Waals surface area contributed by atoms with Crippen molar-refractivity contribution in [2.45, 2.75) is 6.92 Å². The van der Waals surface area contributed by atoms with Crippen molar-refractivity contribution < 1.29 is 9.59 Å². The van der Waals surface area contributed by atoms with Crippen LogP contribution in [0.2, 0.25) is 5.02 Å². The van der Waals surface area contributed by atoms with Crippen LogP contribution in [0.5, 0.6) is 0 Å². The first kappa shape index (κ1) is 20.6. The summed E-state index contributed by atoms with van der Waals surface area (Å²) in [6, 6.07) is 24.1. The van der Waals surface area contributed by atoms with Crippen LogP contribution in [0.15, 0.2) is 89.6 Å². The molecule has 0 aliphatic carbocycles. The third kappa shape index (κ3) is 4.13. The van der Waals surface area contributed by atoms with Crippen LogP contribution < -0.4 is 9.80 Å². The van der Waals surface area contributed by atoms with Gasteiger partial charge in [0.1, 0.15) is 11.5 Å².